The number of fused-ring (bicyclic) bond motifs is 3. The molecule has 4 heteroatoms. The van der Waals surface area contributed by atoms with Crippen LogP contribution in [-0.2, 0) is 26.2 Å². The van der Waals surface area contributed by atoms with E-state index in [2.05, 4.69) is 135 Å². The second-order valence-electron chi connectivity index (χ2n) is 10.7. The van der Waals surface area contributed by atoms with Crippen LogP contribution in [0.25, 0.3) is 34.1 Å². The van der Waals surface area contributed by atoms with Gasteiger partial charge in [-0.25, -0.2) is 0 Å². The Morgan fingerprint density at radius 1 is 0.675 bits per heavy atom. The Kier molecular flexibility index (Phi) is 9.38. The van der Waals surface area contributed by atoms with E-state index in [1.807, 2.05) is 0 Å². The summed E-state index contributed by atoms with van der Waals surface area (Å²) in [6.45, 7) is 7.20. The van der Waals surface area contributed by atoms with Gasteiger partial charge < -0.3 is 24.8 Å². The van der Waals surface area contributed by atoms with Gasteiger partial charge in [-0.3, -0.25) is 0 Å². The Labute approximate surface area is 271 Å². The van der Waals surface area contributed by atoms with E-state index in [1.54, 1.807) is 5.19 Å². The molecule has 2 aliphatic carbocycles. The van der Waals surface area contributed by atoms with Gasteiger partial charge in [0.2, 0.25) is 0 Å². The summed E-state index contributed by atoms with van der Waals surface area (Å²) in [5.74, 6) is 0.564. The largest absolute Gasteiger partial charge is 3.00 e. The van der Waals surface area contributed by atoms with E-state index in [0.29, 0.717) is 0 Å². The molecule has 5 aromatic rings. The van der Waals surface area contributed by atoms with Crippen LogP contribution in [0.3, 0.4) is 0 Å². The molecular weight excluding hydrogens is 623 g/mol. The third kappa shape index (κ3) is 4.88. The van der Waals surface area contributed by atoms with Crippen molar-refractivity contribution >= 4 is 36.9 Å². The molecule has 196 valence electrons. The summed E-state index contributed by atoms with van der Waals surface area (Å²) in [4.78, 5) is 0. The summed E-state index contributed by atoms with van der Waals surface area (Å²) in [5.41, 5.74) is 12.7. The first kappa shape index (κ1) is 30.6. The van der Waals surface area contributed by atoms with Crippen molar-refractivity contribution in [1.29, 1.82) is 0 Å². The van der Waals surface area contributed by atoms with E-state index in [0.717, 1.165) is 0 Å². The zero-order valence-electron chi connectivity index (χ0n) is 22.9. The van der Waals surface area contributed by atoms with Crippen LogP contribution in [0.15, 0.2) is 103 Å². The van der Waals surface area contributed by atoms with Crippen molar-refractivity contribution in [1.82, 2.24) is 0 Å². The van der Waals surface area contributed by atoms with Gasteiger partial charge in [0.05, 0.1) is 8.80 Å². The molecule has 0 saturated heterocycles. The molecule has 2 aliphatic rings. The minimum Gasteiger partial charge on any atom is -1.00 e. The number of benzene rings is 4. The zero-order chi connectivity index (χ0) is 25.1. The predicted octanol–water partition coefficient (Wildman–Crippen LogP) is 2.82. The van der Waals surface area contributed by atoms with Crippen LogP contribution in [-0.4, -0.2) is 8.80 Å². The fraction of sp³-hybridized carbons (Fsp3) is 0.139. The van der Waals surface area contributed by atoms with Crippen LogP contribution in [0.1, 0.15) is 50.8 Å². The molecule has 0 nitrogen and oxygen atoms in total. The molecule has 7 rings (SSSR count). The molecule has 40 heavy (non-hydrogen) atoms. The van der Waals surface area contributed by atoms with Crippen LogP contribution >= 0.6 is 0 Å². The molecule has 2 atom stereocenters. The minimum atomic E-state index is -0.718. The second-order valence-corrected chi connectivity index (χ2v) is 13.3. The fourth-order valence-electron chi connectivity index (χ4n) is 6.68. The monoisotopic (exact) mass is 650 g/mol. The summed E-state index contributed by atoms with van der Waals surface area (Å²) < 4.78 is 0. The second kappa shape index (κ2) is 12.3. The third-order valence-electron chi connectivity index (χ3n) is 8.29. The predicted molar refractivity (Wildman–Crippen MR) is 161 cm³/mol. The van der Waals surface area contributed by atoms with Gasteiger partial charge >= 0.3 is 26.2 Å². The smallest absolute Gasteiger partial charge is 1.00 e. The van der Waals surface area contributed by atoms with Gasteiger partial charge in [-0.1, -0.05) is 134 Å². The van der Waals surface area contributed by atoms with Gasteiger partial charge in [-0.2, -0.15) is 0 Å². The first-order valence-corrected chi connectivity index (χ1v) is 15.8. The Bertz CT molecular complexity index is 1730. The number of hydrogen-bond acceptors (Lipinski definition) is 0. The van der Waals surface area contributed by atoms with Crippen molar-refractivity contribution in [3.63, 3.8) is 0 Å². The van der Waals surface area contributed by atoms with Crippen molar-refractivity contribution in [3.05, 3.63) is 142 Å². The average Bonchev–Trinajstić information content (AvgIpc) is 3.62. The van der Waals surface area contributed by atoms with Crippen LogP contribution in [0.5, 0.6) is 0 Å². The maximum absolute atomic E-state index is 2.54. The van der Waals surface area contributed by atoms with Crippen molar-refractivity contribution in [2.45, 2.75) is 31.9 Å². The molecule has 0 heterocycles. The molecule has 0 fully saturated rings. The van der Waals surface area contributed by atoms with Crippen molar-refractivity contribution in [3.8, 4) is 11.1 Å². The van der Waals surface area contributed by atoms with Gasteiger partial charge in [0.25, 0.3) is 0 Å². The molecule has 2 unspecified atom stereocenters. The number of aryl methyl sites for hydroxylation is 1. The Morgan fingerprint density at radius 3 is 1.77 bits per heavy atom. The Hall–Kier alpha value is -2.35. The Balaban J connectivity index is 0.00000123. The minimum absolute atomic E-state index is 0. The van der Waals surface area contributed by atoms with E-state index < -0.39 is 8.80 Å². The summed E-state index contributed by atoms with van der Waals surface area (Å²) >= 11 is 0. The molecular formula is C36H30Cl2SiZr. The first-order valence-electron chi connectivity index (χ1n) is 13.3. The van der Waals surface area contributed by atoms with E-state index in [4.69, 9.17) is 0 Å². The maximum atomic E-state index is 2.54. The van der Waals surface area contributed by atoms with Crippen LogP contribution in [0.2, 0.25) is 13.1 Å². The van der Waals surface area contributed by atoms with Gasteiger partial charge in [0.15, 0.2) is 0 Å². The van der Waals surface area contributed by atoms with Crippen molar-refractivity contribution in [2.75, 3.05) is 0 Å². The van der Waals surface area contributed by atoms with Gasteiger partial charge in [-0.15, -0.1) is 34.0 Å². The fourth-order valence-corrected chi connectivity index (χ4v) is 7.94. The van der Waals surface area contributed by atoms with Crippen molar-refractivity contribution < 1.29 is 51.0 Å². The van der Waals surface area contributed by atoms with Crippen LogP contribution in [0, 0.1) is 6.92 Å². The molecule has 0 aromatic heterocycles. The average molecular weight is 653 g/mol. The third-order valence-corrected chi connectivity index (χ3v) is 9.78. The van der Waals surface area contributed by atoms with E-state index >= 15 is 0 Å². The van der Waals surface area contributed by atoms with E-state index in [-0.39, 0.29) is 62.9 Å². The molecule has 0 spiro atoms. The quantitative estimate of drug-likeness (QED) is 0.207. The van der Waals surface area contributed by atoms with Gasteiger partial charge in [-0.05, 0) is 39.3 Å². The standard InChI is InChI=1S/C36H30Si.2ClH.Zr/c1-23-21-27-22-32(37(2)3)36(31-20-18-25-12-8-10-16-29(25)31)34(26-13-5-4-6-14-26)35(27)33(23)30-19-17-24-11-7-9-15-28(24)30;;;/h4-22,30-31H,1-3H3;2*1H;/q-1;;;+3/p-2. The van der Waals surface area contributed by atoms with Crippen LogP contribution in [0.4, 0.5) is 0 Å². The van der Waals surface area contributed by atoms with E-state index in [9.17, 15) is 0 Å². The SMILES string of the molecule is Cc1[cH-]c2cc([Si](C)C)c(C3C=Cc4ccccc43)c(-c3ccccc3)c2c1C1C=Cc2ccccc21.[Cl-].[Cl-].[Zr+3]. The molecule has 0 bridgehead atoms. The zero-order valence-corrected chi connectivity index (χ0v) is 27.9. The van der Waals surface area contributed by atoms with Gasteiger partial charge in [0.1, 0.15) is 0 Å². The number of hydrogen-bond donors (Lipinski definition) is 0. The van der Waals surface area contributed by atoms with Crippen LogP contribution < -0.4 is 30.0 Å². The van der Waals surface area contributed by atoms with Gasteiger partial charge in [0, 0.05) is 5.92 Å². The topological polar surface area (TPSA) is 0 Å². The molecule has 0 aliphatic heterocycles. The molecule has 2 radical (unpaired) electrons. The Morgan fingerprint density at radius 2 is 1.20 bits per heavy atom. The van der Waals surface area contributed by atoms with E-state index in [1.165, 1.54) is 60.8 Å². The molecule has 0 amide bonds. The van der Waals surface area contributed by atoms with Crippen molar-refractivity contribution in [2.24, 2.45) is 0 Å². The summed E-state index contributed by atoms with van der Waals surface area (Å²) in [7, 11) is -0.718. The molecule has 0 saturated carbocycles. The number of halogens is 2. The maximum Gasteiger partial charge on any atom is 3.00 e. The number of rotatable bonds is 4. The number of allylic oxidation sites excluding steroid dienone is 2. The summed E-state index contributed by atoms with van der Waals surface area (Å²) in [6, 6.07) is 34.0. The first-order chi connectivity index (χ1) is 18.1. The normalized spacial score (nSPS) is 16.3. The molecule has 5 aromatic carbocycles. The summed E-state index contributed by atoms with van der Waals surface area (Å²) in [5, 5.41) is 4.39. The summed E-state index contributed by atoms with van der Waals surface area (Å²) in [6.07, 6.45) is 9.49. The molecule has 0 N–H and O–H groups in total.